The molecule has 3 fully saturated rings. The van der Waals surface area contributed by atoms with Crippen molar-refractivity contribution in [1.29, 1.82) is 0 Å². The molecule has 3 aliphatic rings. The van der Waals surface area contributed by atoms with Crippen molar-refractivity contribution in [2.24, 2.45) is 11.3 Å². The standard InChI is InChI=1S/C19H25ClN2O/c20-16-5-3-15(4-6-16)17-19(9-1-2-10-19)18(23)22(17)13-14-7-11-21-12-8-14/h3-6,14,17,21H,1-2,7-13H2. The Hall–Kier alpha value is -1.06. The van der Waals surface area contributed by atoms with Crippen molar-refractivity contribution in [2.45, 2.75) is 44.6 Å². The van der Waals surface area contributed by atoms with Gasteiger partial charge in [0.05, 0.1) is 11.5 Å². The first-order chi connectivity index (χ1) is 11.2. The maximum absolute atomic E-state index is 13.0. The van der Waals surface area contributed by atoms with Crippen LogP contribution < -0.4 is 5.32 Å². The number of nitrogens with zero attached hydrogens (tertiary/aromatic N) is 1. The zero-order chi connectivity index (χ0) is 15.9. The minimum absolute atomic E-state index is 0.110. The lowest BCUT2D eigenvalue weighted by Gasteiger charge is -2.56. The molecule has 2 saturated heterocycles. The number of carbonyl (C=O) groups is 1. The van der Waals surface area contributed by atoms with Crippen LogP contribution in [0, 0.1) is 11.3 Å². The van der Waals surface area contributed by atoms with E-state index in [1.165, 1.54) is 31.2 Å². The van der Waals surface area contributed by atoms with Crippen molar-refractivity contribution in [3.63, 3.8) is 0 Å². The molecule has 0 radical (unpaired) electrons. The van der Waals surface area contributed by atoms with E-state index in [1.54, 1.807) is 0 Å². The van der Waals surface area contributed by atoms with Crippen LogP contribution in [0.5, 0.6) is 0 Å². The van der Waals surface area contributed by atoms with E-state index in [4.69, 9.17) is 11.6 Å². The average Bonchev–Trinajstić information content (AvgIpc) is 3.09. The number of carbonyl (C=O) groups excluding carboxylic acids is 1. The van der Waals surface area contributed by atoms with Gasteiger partial charge < -0.3 is 10.2 Å². The Bertz CT molecular complexity index is 574. The largest absolute Gasteiger partial charge is 0.334 e. The monoisotopic (exact) mass is 332 g/mol. The Labute approximate surface area is 143 Å². The van der Waals surface area contributed by atoms with Crippen molar-refractivity contribution in [3.05, 3.63) is 34.9 Å². The Morgan fingerprint density at radius 1 is 1.13 bits per heavy atom. The van der Waals surface area contributed by atoms with E-state index in [2.05, 4.69) is 22.3 Å². The SMILES string of the molecule is O=C1N(CC2CCNCC2)C(c2ccc(Cl)cc2)C12CCCC2. The highest BCUT2D eigenvalue weighted by atomic mass is 35.5. The summed E-state index contributed by atoms with van der Waals surface area (Å²) in [7, 11) is 0. The minimum atomic E-state index is -0.110. The molecule has 1 amide bonds. The summed E-state index contributed by atoms with van der Waals surface area (Å²) in [6.45, 7) is 3.10. The molecule has 0 bridgehead atoms. The average molecular weight is 333 g/mol. The van der Waals surface area contributed by atoms with Gasteiger partial charge in [-0.2, -0.15) is 0 Å². The second-order valence-corrected chi connectivity index (χ2v) is 7.90. The molecule has 2 aliphatic heterocycles. The molecular weight excluding hydrogens is 308 g/mol. The van der Waals surface area contributed by atoms with Crippen molar-refractivity contribution < 1.29 is 4.79 Å². The van der Waals surface area contributed by atoms with Crippen LogP contribution in [0.1, 0.15) is 50.1 Å². The topological polar surface area (TPSA) is 32.3 Å². The third-order valence-corrected chi connectivity index (χ3v) is 6.37. The molecule has 0 aromatic heterocycles. The molecule has 1 atom stereocenters. The van der Waals surface area contributed by atoms with Crippen molar-refractivity contribution in [1.82, 2.24) is 10.2 Å². The minimum Gasteiger partial charge on any atom is -0.334 e. The van der Waals surface area contributed by atoms with Crippen LogP contribution in [-0.2, 0) is 4.79 Å². The summed E-state index contributed by atoms with van der Waals surface area (Å²) in [5.41, 5.74) is 1.16. The Morgan fingerprint density at radius 3 is 2.43 bits per heavy atom. The molecule has 1 aromatic carbocycles. The number of halogens is 1. The molecule has 2 heterocycles. The van der Waals surface area contributed by atoms with Gasteiger partial charge in [0.25, 0.3) is 0 Å². The number of rotatable bonds is 3. The van der Waals surface area contributed by atoms with Gasteiger partial charge in [0.2, 0.25) is 5.91 Å². The Kier molecular flexibility index (Phi) is 4.10. The van der Waals surface area contributed by atoms with E-state index in [-0.39, 0.29) is 11.5 Å². The van der Waals surface area contributed by atoms with E-state index < -0.39 is 0 Å². The van der Waals surface area contributed by atoms with E-state index >= 15 is 0 Å². The number of piperidine rings is 1. The maximum atomic E-state index is 13.0. The van der Waals surface area contributed by atoms with Gasteiger partial charge in [0.1, 0.15) is 0 Å². The summed E-state index contributed by atoms with van der Waals surface area (Å²) in [4.78, 5) is 15.2. The summed E-state index contributed by atoms with van der Waals surface area (Å²) < 4.78 is 0. The third-order valence-electron chi connectivity index (χ3n) is 6.12. The first-order valence-electron chi connectivity index (χ1n) is 8.98. The van der Waals surface area contributed by atoms with Gasteiger partial charge in [-0.1, -0.05) is 36.6 Å². The third kappa shape index (κ3) is 2.58. The summed E-state index contributed by atoms with van der Waals surface area (Å²) in [6, 6.07) is 8.43. The molecule has 1 spiro atoms. The predicted octanol–water partition coefficient (Wildman–Crippen LogP) is 3.78. The number of hydrogen-bond acceptors (Lipinski definition) is 2. The Morgan fingerprint density at radius 2 is 1.78 bits per heavy atom. The van der Waals surface area contributed by atoms with Crippen LogP contribution in [0.2, 0.25) is 5.02 Å². The molecule has 1 aromatic rings. The highest BCUT2D eigenvalue weighted by molar-refractivity contribution is 6.30. The molecule has 1 N–H and O–H groups in total. The van der Waals surface area contributed by atoms with E-state index in [0.717, 1.165) is 37.5 Å². The maximum Gasteiger partial charge on any atom is 0.231 e. The van der Waals surface area contributed by atoms with Gasteiger partial charge in [-0.15, -0.1) is 0 Å². The van der Waals surface area contributed by atoms with Crippen LogP contribution >= 0.6 is 11.6 Å². The van der Waals surface area contributed by atoms with E-state index in [1.807, 2.05) is 12.1 Å². The quantitative estimate of drug-likeness (QED) is 0.854. The fraction of sp³-hybridized carbons (Fsp3) is 0.632. The second kappa shape index (κ2) is 6.10. The zero-order valence-electron chi connectivity index (χ0n) is 13.6. The van der Waals surface area contributed by atoms with Gasteiger partial charge in [-0.05, 0) is 62.4 Å². The van der Waals surface area contributed by atoms with Crippen LogP contribution in [0.15, 0.2) is 24.3 Å². The van der Waals surface area contributed by atoms with Crippen molar-refractivity contribution in [3.8, 4) is 0 Å². The van der Waals surface area contributed by atoms with Crippen LogP contribution in [0.4, 0.5) is 0 Å². The lowest BCUT2D eigenvalue weighted by molar-refractivity contribution is -0.174. The Balaban J connectivity index is 1.59. The normalized spacial score (nSPS) is 27.4. The van der Waals surface area contributed by atoms with Gasteiger partial charge >= 0.3 is 0 Å². The first-order valence-corrected chi connectivity index (χ1v) is 9.36. The van der Waals surface area contributed by atoms with E-state index in [9.17, 15) is 4.79 Å². The predicted molar refractivity (Wildman–Crippen MR) is 92.4 cm³/mol. The highest BCUT2D eigenvalue weighted by Gasteiger charge is 2.61. The smallest absolute Gasteiger partial charge is 0.231 e. The molecule has 1 aliphatic carbocycles. The van der Waals surface area contributed by atoms with Crippen LogP contribution in [-0.4, -0.2) is 30.4 Å². The second-order valence-electron chi connectivity index (χ2n) is 7.47. The summed E-state index contributed by atoms with van der Waals surface area (Å²) in [6.07, 6.45) is 6.87. The van der Waals surface area contributed by atoms with Crippen LogP contribution in [0.3, 0.4) is 0 Å². The van der Waals surface area contributed by atoms with E-state index in [0.29, 0.717) is 11.8 Å². The lowest BCUT2D eigenvalue weighted by Crippen LogP contribution is -2.63. The first kappa shape index (κ1) is 15.5. The number of benzene rings is 1. The molecule has 4 rings (SSSR count). The van der Waals surface area contributed by atoms with Crippen molar-refractivity contribution in [2.75, 3.05) is 19.6 Å². The summed E-state index contributed by atoms with van der Waals surface area (Å²) >= 11 is 6.06. The fourth-order valence-electron chi connectivity index (χ4n) is 4.92. The van der Waals surface area contributed by atoms with Gasteiger partial charge in [0.15, 0.2) is 0 Å². The summed E-state index contributed by atoms with van der Waals surface area (Å²) in [5, 5.41) is 4.18. The number of likely N-dealkylation sites (tertiary alicyclic amines) is 1. The molecule has 124 valence electrons. The molecule has 1 saturated carbocycles. The van der Waals surface area contributed by atoms with Crippen LogP contribution in [0.25, 0.3) is 0 Å². The highest BCUT2D eigenvalue weighted by Crippen LogP contribution is 2.59. The number of amides is 1. The summed E-state index contributed by atoms with van der Waals surface area (Å²) in [5.74, 6) is 1.06. The number of β-lactam (4-membered cyclic amide) rings is 1. The molecular formula is C19H25ClN2O. The molecule has 3 nitrogen and oxygen atoms in total. The molecule has 1 unspecified atom stereocenters. The van der Waals surface area contributed by atoms with Gasteiger partial charge in [-0.3, -0.25) is 4.79 Å². The fourth-order valence-corrected chi connectivity index (χ4v) is 5.05. The number of hydrogen-bond donors (Lipinski definition) is 1. The van der Waals surface area contributed by atoms with Gasteiger partial charge in [-0.25, -0.2) is 0 Å². The lowest BCUT2D eigenvalue weighted by atomic mass is 9.66. The molecule has 23 heavy (non-hydrogen) atoms. The van der Waals surface area contributed by atoms with Crippen molar-refractivity contribution >= 4 is 17.5 Å². The number of nitrogens with one attached hydrogen (secondary N) is 1. The zero-order valence-corrected chi connectivity index (χ0v) is 14.3. The van der Waals surface area contributed by atoms with Gasteiger partial charge in [0, 0.05) is 11.6 Å². The molecule has 4 heteroatoms.